The van der Waals surface area contributed by atoms with E-state index in [1.165, 1.54) is 77.0 Å². The number of hydrogen-bond acceptors (Lipinski definition) is 0. The lowest BCUT2D eigenvalue weighted by Gasteiger charge is -2.30. The molecule has 0 fully saturated rings. The number of rotatable bonds is 13. The Morgan fingerprint density at radius 3 is 1.42 bits per heavy atom. The van der Waals surface area contributed by atoms with Crippen LogP contribution in [0, 0.1) is 0 Å². The zero-order chi connectivity index (χ0) is 14.6. The molecule has 0 spiro atoms. The van der Waals surface area contributed by atoms with Crippen LogP contribution in [0.3, 0.4) is 0 Å². The quantitative estimate of drug-likeness (QED) is 0.165. The average molecular weight is 335 g/mol. The summed E-state index contributed by atoms with van der Waals surface area (Å²) < 4.78 is 1.03. The second kappa shape index (κ2) is 12.2. The Labute approximate surface area is 130 Å². The minimum atomic E-state index is 0.617. The van der Waals surface area contributed by atoms with Crippen molar-refractivity contribution in [3.05, 3.63) is 0 Å². The molecular weight excluding hydrogens is 298 g/mol. The predicted octanol–water partition coefficient (Wildman–Crippen LogP) is 6.11. The van der Waals surface area contributed by atoms with Crippen LogP contribution in [0.15, 0.2) is 0 Å². The molecule has 0 rings (SSSR count). The van der Waals surface area contributed by atoms with E-state index in [-0.39, 0.29) is 0 Å². The summed E-state index contributed by atoms with van der Waals surface area (Å²) in [6.45, 7) is 2.29. The molecule has 1 unspecified atom stereocenters. The summed E-state index contributed by atoms with van der Waals surface area (Å²) >= 11 is 3.79. The van der Waals surface area contributed by atoms with Gasteiger partial charge in [0.1, 0.15) is 4.95 Å². The van der Waals surface area contributed by atoms with Crippen LogP contribution < -0.4 is 0 Å². The fourth-order valence-corrected chi connectivity index (χ4v) is 2.69. The molecule has 0 aliphatic rings. The number of alkyl halides is 1. The lowest BCUT2D eigenvalue weighted by molar-refractivity contribution is -0.879. The average Bonchev–Trinajstić information content (AvgIpc) is 2.34. The molecular formula is C17H37BrN+. The van der Waals surface area contributed by atoms with Crippen LogP contribution >= 0.6 is 15.9 Å². The highest BCUT2D eigenvalue weighted by Gasteiger charge is 2.18. The van der Waals surface area contributed by atoms with E-state index in [0.717, 1.165) is 4.48 Å². The molecule has 0 aromatic rings. The van der Waals surface area contributed by atoms with Crippen molar-refractivity contribution >= 4 is 15.9 Å². The molecule has 1 atom stereocenters. The lowest BCUT2D eigenvalue weighted by atomic mass is 10.1. The van der Waals surface area contributed by atoms with Gasteiger partial charge in [0.2, 0.25) is 0 Å². The topological polar surface area (TPSA) is 0 Å². The molecule has 0 saturated carbocycles. The van der Waals surface area contributed by atoms with Gasteiger partial charge >= 0.3 is 0 Å². The van der Waals surface area contributed by atoms with Gasteiger partial charge in [0, 0.05) is 6.42 Å². The minimum absolute atomic E-state index is 0.617. The summed E-state index contributed by atoms with van der Waals surface area (Å²) in [5.74, 6) is 0. The largest absolute Gasteiger partial charge is 0.320 e. The van der Waals surface area contributed by atoms with Crippen LogP contribution in [-0.2, 0) is 0 Å². The Balaban J connectivity index is 3.15. The standard InChI is InChI=1S/C17H37BrN/c1-5-6-7-8-9-10-11-12-13-14-15-16-17(18)19(2,3)4/h17H,5-16H2,1-4H3/q+1. The molecule has 0 aromatic heterocycles. The van der Waals surface area contributed by atoms with Crippen LogP contribution in [0.1, 0.15) is 84.0 Å². The molecule has 0 aliphatic carbocycles. The van der Waals surface area contributed by atoms with Crippen molar-refractivity contribution in [2.75, 3.05) is 21.1 Å². The maximum Gasteiger partial charge on any atom is 0.143 e. The smallest absolute Gasteiger partial charge is 0.143 e. The van der Waals surface area contributed by atoms with E-state index in [1.54, 1.807) is 0 Å². The van der Waals surface area contributed by atoms with Crippen LogP contribution in [-0.4, -0.2) is 30.6 Å². The Bertz CT molecular complexity index is 186. The first-order valence-corrected chi connectivity index (χ1v) is 9.35. The summed E-state index contributed by atoms with van der Waals surface area (Å²) in [5.41, 5.74) is 0. The van der Waals surface area contributed by atoms with Crippen LogP contribution in [0.4, 0.5) is 0 Å². The minimum Gasteiger partial charge on any atom is -0.320 e. The predicted molar refractivity (Wildman–Crippen MR) is 91.8 cm³/mol. The molecule has 2 heteroatoms. The third-order valence-corrected chi connectivity index (χ3v) is 5.57. The van der Waals surface area contributed by atoms with Gasteiger partial charge in [-0.3, -0.25) is 0 Å². The van der Waals surface area contributed by atoms with Gasteiger partial charge in [-0.15, -0.1) is 0 Å². The molecule has 0 aliphatic heterocycles. The Kier molecular flexibility index (Phi) is 12.5. The van der Waals surface area contributed by atoms with Gasteiger partial charge in [-0.25, -0.2) is 0 Å². The zero-order valence-corrected chi connectivity index (χ0v) is 15.5. The normalized spacial score (nSPS) is 13.7. The van der Waals surface area contributed by atoms with Gasteiger partial charge < -0.3 is 4.48 Å². The van der Waals surface area contributed by atoms with Crippen molar-refractivity contribution in [2.24, 2.45) is 0 Å². The SMILES string of the molecule is CCCCCCCCCCCCCC(Br)[N+](C)(C)C. The number of unbranched alkanes of at least 4 members (excludes halogenated alkanes) is 10. The van der Waals surface area contributed by atoms with E-state index in [2.05, 4.69) is 44.0 Å². The van der Waals surface area contributed by atoms with E-state index in [4.69, 9.17) is 0 Å². The number of quaternary nitrogens is 1. The van der Waals surface area contributed by atoms with Crippen molar-refractivity contribution < 1.29 is 4.48 Å². The highest BCUT2D eigenvalue weighted by molar-refractivity contribution is 9.09. The first-order chi connectivity index (χ1) is 8.98. The second-order valence-corrected chi connectivity index (χ2v) is 7.93. The third kappa shape index (κ3) is 13.2. The molecule has 0 aromatic carbocycles. The molecule has 0 radical (unpaired) electrons. The molecule has 0 N–H and O–H groups in total. The third-order valence-electron chi connectivity index (χ3n) is 3.89. The molecule has 116 valence electrons. The molecule has 0 saturated heterocycles. The van der Waals surface area contributed by atoms with Crippen molar-refractivity contribution in [3.63, 3.8) is 0 Å². The van der Waals surface area contributed by atoms with Crippen LogP contribution in [0.25, 0.3) is 0 Å². The first-order valence-electron chi connectivity index (χ1n) is 8.43. The number of hydrogen-bond donors (Lipinski definition) is 0. The van der Waals surface area contributed by atoms with E-state index in [0.29, 0.717) is 4.95 Å². The summed E-state index contributed by atoms with van der Waals surface area (Å²) in [7, 11) is 6.79. The first kappa shape index (κ1) is 19.4. The van der Waals surface area contributed by atoms with E-state index in [9.17, 15) is 0 Å². The van der Waals surface area contributed by atoms with Gasteiger partial charge in [0.05, 0.1) is 21.1 Å². The highest BCUT2D eigenvalue weighted by Crippen LogP contribution is 2.19. The number of halogens is 1. The summed E-state index contributed by atoms with van der Waals surface area (Å²) in [5, 5.41) is 0. The lowest BCUT2D eigenvalue weighted by Crippen LogP contribution is -2.41. The monoisotopic (exact) mass is 334 g/mol. The van der Waals surface area contributed by atoms with Gasteiger partial charge in [0.25, 0.3) is 0 Å². The molecule has 1 nitrogen and oxygen atoms in total. The van der Waals surface area contributed by atoms with Crippen molar-refractivity contribution in [1.29, 1.82) is 0 Å². The summed E-state index contributed by atoms with van der Waals surface area (Å²) in [6.07, 6.45) is 17.1. The highest BCUT2D eigenvalue weighted by atomic mass is 79.9. The van der Waals surface area contributed by atoms with E-state index in [1.807, 2.05) is 0 Å². The fraction of sp³-hybridized carbons (Fsp3) is 1.00. The van der Waals surface area contributed by atoms with E-state index >= 15 is 0 Å². The maximum absolute atomic E-state index is 3.79. The second-order valence-electron chi connectivity index (χ2n) is 6.87. The van der Waals surface area contributed by atoms with E-state index < -0.39 is 0 Å². The van der Waals surface area contributed by atoms with Crippen molar-refractivity contribution in [3.8, 4) is 0 Å². The van der Waals surface area contributed by atoms with Crippen LogP contribution in [0.5, 0.6) is 0 Å². The van der Waals surface area contributed by atoms with Gasteiger partial charge in [-0.2, -0.15) is 0 Å². The number of nitrogens with zero attached hydrogens (tertiary/aromatic N) is 1. The van der Waals surface area contributed by atoms with Crippen LogP contribution in [0.2, 0.25) is 0 Å². The maximum atomic E-state index is 3.79. The summed E-state index contributed by atoms with van der Waals surface area (Å²) in [4.78, 5) is 0.617. The Hall–Kier alpha value is 0.440. The molecule has 19 heavy (non-hydrogen) atoms. The fourth-order valence-electron chi connectivity index (χ4n) is 2.36. The van der Waals surface area contributed by atoms with Crippen molar-refractivity contribution in [2.45, 2.75) is 88.9 Å². The summed E-state index contributed by atoms with van der Waals surface area (Å²) in [6, 6.07) is 0. The van der Waals surface area contributed by atoms with Gasteiger partial charge in [-0.05, 0) is 22.4 Å². The Morgan fingerprint density at radius 1 is 0.684 bits per heavy atom. The van der Waals surface area contributed by atoms with Crippen molar-refractivity contribution in [1.82, 2.24) is 0 Å². The Morgan fingerprint density at radius 2 is 1.05 bits per heavy atom. The molecule has 0 bridgehead atoms. The molecule has 0 heterocycles. The zero-order valence-electron chi connectivity index (χ0n) is 13.9. The van der Waals surface area contributed by atoms with Gasteiger partial charge in [0.15, 0.2) is 0 Å². The van der Waals surface area contributed by atoms with Gasteiger partial charge in [-0.1, -0.05) is 71.1 Å². The molecule has 0 amide bonds.